The van der Waals surface area contributed by atoms with Crippen LogP contribution < -0.4 is 0 Å². The zero-order chi connectivity index (χ0) is 17.1. The molecule has 4 nitrogen and oxygen atoms in total. The Balaban J connectivity index is 2.03. The smallest absolute Gasteiger partial charge is 0.223 e. The lowest BCUT2D eigenvalue weighted by molar-refractivity contribution is -0.146. The van der Waals surface area contributed by atoms with Crippen LogP contribution in [0.4, 0.5) is 0 Å². The van der Waals surface area contributed by atoms with Gasteiger partial charge in [-0.1, -0.05) is 61.5 Å². The van der Waals surface area contributed by atoms with Gasteiger partial charge in [-0.15, -0.1) is 0 Å². The maximum absolute atomic E-state index is 12.1. The van der Waals surface area contributed by atoms with Crippen LogP contribution in [0.2, 0.25) is 0 Å². The Labute approximate surface area is 142 Å². The van der Waals surface area contributed by atoms with Gasteiger partial charge in [0.1, 0.15) is 6.04 Å². The summed E-state index contributed by atoms with van der Waals surface area (Å²) in [7, 11) is 0. The molecule has 3 atom stereocenters. The molecule has 0 unspecified atom stereocenters. The molecule has 1 heterocycles. The molecule has 0 bridgehead atoms. The highest BCUT2D eigenvalue weighted by molar-refractivity contribution is 5.79. The highest BCUT2D eigenvalue weighted by Gasteiger charge is 2.51. The Hall–Kier alpha value is -2.64. The van der Waals surface area contributed by atoms with E-state index in [9.17, 15) is 15.2 Å². The number of hydrogen-bond donors (Lipinski definition) is 1. The van der Waals surface area contributed by atoms with Crippen LogP contribution in [0.25, 0.3) is 11.1 Å². The van der Waals surface area contributed by atoms with Gasteiger partial charge >= 0.3 is 0 Å². The molecule has 0 saturated carbocycles. The summed E-state index contributed by atoms with van der Waals surface area (Å²) < 4.78 is 0. The molecule has 1 fully saturated rings. The first kappa shape index (κ1) is 16.2. The second-order valence-electron chi connectivity index (χ2n) is 5.96. The highest BCUT2D eigenvalue weighted by atomic mass is 16.3. The van der Waals surface area contributed by atoms with Gasteiger partial charge in [0.05, 0.1) is 18.7 Å². The molecule has 1 saturated heterocycles. The molecule has 0 aromatic heterocycles. The van der Waals surface area contributed by atoms with E-state index in [0.29, 0.717) is 6.42 Å². The van der Waals surface area contributed by atoms with Crippen LogP contribution in [0.1, 0.15) is 24.8 Å². The van der Waals surface area contributed by atoms with Crippen molar-refractivity contribution >= 4 is 5.91 Å². The minimum absolute atomic E-state index is 0.0888. The Morgan fingerprint density at radius 1 is 1.17 bits per heavy atom. The first-order valence-electron chi connectivity index (χ1n) is 8.18. The lowest BCUT2D eigenvalue weighted by atomic mass is 9.73. The molecule has 1 aliphatic rings. The van der Waals surface area contributed by atoms with Crippen molar-refractivity contribution in [1.29, 1.82) is 5.26 Å². The van der Waals surface area contributed by atoms with E-state index < -0.39 is 6.04 Å². The number of nitrogens with zero attached hydrogens (tertiary/aromatic N) is 2. The van der Waals surface area contributed by atoms with Crippen LogP contribution in [0.3, 0.4) is 0 Å². The largest absolute Gasteiger partial charge is 0.394 e. The number of likely N-dealkylation sites (tertiary alicyclic amines) is 1. The van der Waals surface area contributed by atoms with Crippen molar-refractivity contribution in [1.82, 2.24) is 4.90 Å². The van der Waals surface area contributed by atoms with Gasteiger partial charge in [-0.25, -0.2) is 0 Å². The lowest BCUT2D eigenvalue weighted by Crippen LogP contribution is -2.65. The normalized spacial score (nSPS) is 22.5. The number of benzene rings is 2. The predicted molar refractivity (Wildman–Crippen MR) is 92.0 cm³/mol. The van der Waals surface area contributed by atoms with E-state index in [0.717, 1.165) is 16.7 Å². The maximum atomic E-state index is 12.1. The average molecular weight is 320 g/mol. The van der Waals surface area contributed by atoms with Crippen molar-refractivity contribution in [3.8, 4) is 17.2 Å². The lowest BCUT2D eigenvalue weighted by Gasteiger charge is -2.52. The van der Waals surface area contributed by atoms with Gasteiger partial charge in [-0.05, 0) is 16.7 Å². The zero-order valence-corrected chi connectivity index (χ0v) is 13.6. The number of amides is 1. The summed E-state index contributed by atoms with van der Waals surface area (Å²) in [5.74, 6) is -0.263. The molecule has 122 valence electrons. The molecular weight excluding hydrogens is 300 g/mol. The summed E-state index contributed by atoms with van der Waals surface area (Å²) >= 11 is 0. The first-order valence-corrected chi connectivity index (χ1v) is 8.18. The number of nitriles is 1. The van der Waals surface area contributed by atoms with Crippen molar-refractivity contribution in [2.45, 2.75) is 31.3 Å². The summed E-state index contributed by atoms with van der Waals surface area (Å²) in [6.45, 7) is 1.63. The Morgan fingerprint density at radius 2 is 1.83 bits per heavy atom. The van der Waals surface area contributed by atoms with E-state index in [2.05, 4.69) is 6.07 Å². The quantitative estimate of drug-likeness (QED) is 0.942. The van der Waals surface area contributed by atoms with Gasteiger partial charge in [0.25, 0.3) is 0 Å². The van der Waals surface area contributed by atoms with E-state index in [4.69, 9.17) is 0 Å². The number of aliphatic hydroxyl groups is 1. The summed E-state index contributed by atoms with van der Waals surface area (Å²) in [5, 5.41) is 19.4. The molecule has 1 amide bonds. The SMILES string of the molecule is CCC(=O)N1[C@H](C#N)[C@@H](c2ccccc2-c2ccccc2)[C@H]1CO. The third-order valence-corrected chi connectivity index (χ3v) is 4.73. The van der Waals surface area contributed by atoms with Crippen molar-refractivity contribution in [2.24, 2.45) is 0 Å². The second kappa shape index (κ2) is 6.86. The van der Waals surface area contributed by atoms with Crippen LogP contribution in [0, 0.1) is 11.3 Å². The first-order chi connectivity index (χ1) is 11.7. The molecule has 2 aromatic rings. The van der Waals surface area contributed by atoms with Crippen LogP contribution >= 0.6 is 0 Å². The summed E-state index contributed by atoms with van der Waals surface area (Å²) in [5.41, 5.74) is 3.13. The molecule has 1 aliphatic heterocycles. The van der Waals surface area contributed by atoms with Crippen molar-refractivity contribution in [2.75, 3.05) is 6.61 Å². The number of aliphatic hydroxyl groups excluding tert-OH is 1. The van der Waals surface area contributed by atoms with Gasteiger partial charge in [-0.3, -0.25) is 4.79 Å². The van der Waals surface area contributed by atoms with Gasteiger partial charge in [0.15, 0.2) is 0 Å². The molecule has 4 heteroatoms. The minimum atomic E-state index is -0.528. The number of carbonyl (C=O) groups is 1. The highest BCUT2D eigenvalue weighted by Crippen LogP contribution is 2.44. The van der Waals surface area contributed by atoms with Crippen LogP contribution in [0.5, 0.6) is 0 Å². The van der Waals surface area contributed by atoms with Crippen LogP contribution in [-0.2, 0) is 4.79 Å². The standard InChI is InChI=1S/C20H20N2O2/c1-2-19(24)22-17(12-21)20(18(22)13-23)16-11-7-6-10-15(16)14-8-4-3-5-9-14/h3-11,17-18,20,23H,2,13H2,1H3/t17-,18-,20-/m1/s1. The Bertz CT molecular complexity index is 767. The second-order valence-corrected chi connectivity index (χ2v) is 5.96. The molecule has 1 N–H and O–H groups in total. The van der Waals surface area contributed by atoms with E-state index in [1.807, 2.05) is 54.6 Å². The molecule has 24 heavy (non-hydrogen) atoms. The van der Waals surface area contributed by atoms with E-state index in [1.165, 1.54) is 4.90 Å². The van der Waals surface area contributed by atoms with Crippen molar-refractivity contribution < 1.29 is 9.90 Å². The fourth-order valence-electron chi connectivity index (χ4n) is 3.57. The van der Waals surface area contributed by atoms with Crippen LogP contribution in [0.15, 0.2) is 54.6 Å². The number of rotatable bonds is 4. The number of carbonyl (C=O) groups excluding carboxylic acids is 1. The molecule has 2 aromatic carbocycles. The van der Waals surface area contributed by atoms with Gasteiger partial charge in [0, 0.05) is 12.3 Å². The fraction of sp³-hybridized carbons (Fsp3) is 0.300. The third kappa shape index (κ3) is 2.57. The summed E-state index contributed by atoms with van der Waals surface area (Å²) in [6, 6.07) is 19.3. The van der Waals surface area contributed by atoms with Gasteiger partial charge < -0.3 is 10.0 Å². The number of hydrogen-bond acceptors (Lipinski definition) is 3. The van der Waals surface area contributed by atoms with Crippen molar-refractivity contribution in [3.63, 3.8) is 0 Å². The summed E-state index contributed by atoms with van der Waals surface area (Å²) in [4.78, 5) is 13.7. The molecule has 0 spiro atoms. The van der Waals surface area contributed by atoms with Crippen molar-refractivity contribution in [3.05, 3.63) is 60.2 Å². The maximum Gasteiger partial charge on any atom is 0.223 e. The minimum Gasteiger partial charge on any atom is -0.394 e. The molecular formula is C20H20N2O2. The Morgan fingerprint density at radius 3 is 2.46 bits per heavy atom. The topological polar surface area (TPSA) is 64.3 Å². The molecule has 0 radical (unpaired) electrons. The Kier molecular flexibility index (Phi) is 4.64. The summed E-state index contributed by atoms with van der Waals surface area (Å²) in [6.07, 6.45) is 0.335. The average Bonchev–Trinajstić information content (AvgIpc) is 2.62. The van der Waals surface area contributed by atoms with E-state index in [1.54, 1.807) is 6.92 Å². The van der Waals surface area contributed by atoms with E-state index >= 15 is 0 Å². The monoisotopic (exact) mass is 320 g/mol. The molecule has 0 aliphatic carbocycles. The molecule has 3 rings (SSSR count). The predicted octanol–water partition coefficient (Wildman–Crippen LogP) is 2.94. The van der Waals surface area contributed by atoms with Gasteiger partial charge in [0.2, 0.25) is 5.91 Å². The zero-order valence-electron chi connectivity index (χ0n) is 13.6. The third-order valence-electron chi connectivity index (χ3n) is 4.73. The van der Waals surface area contributed by atoms with E-state index in [-0.39, 0.29) is 24.5 Å². The van der Waals surface area contributed by atoms with Gasteiger partial charge in [-0.2, -0.15) is 5.26 Å². The fourth-order valence-corrected chi connectivity index (χ4v) is 3.57. The van der Waals surface area contributed by atoms with Crippen LogP contribution in [-0.4, -0.2) is 34.6 Å².